The lowest BCUT2D eigenvalue weighted by atomic mass is 9.93. The van der Waals surface area contributed by atoms with Gasteiger partial charge < -0.3 is 26.2 Å². The molecule has 0 spiro atoms. The highest BCUT2D eigenvalue weighted by Gasteiger charge is 2.69. The van der Waals surface area contributed by atoms with Crippen LogP contribution < -0.4 is 21.3 Å². The normalized spacial score (nSPS) is 22.2. The minimum absolute atomic E-state index is 0.0868. The summed E-state index contributed by atoms with van der Waals surface area (Å²) >= 11 is 0. The molecule has 2 fully saturated rings. The van der Waals surface area contributed by atoms with Crippen LogP contribution in [0.25, 0.3) is 0 Å². The van der Waals surface area contributed by atoms with E-state index in [-0.39, 0.29) is 48.1 Å². The summed E-state index contributed by atoms with van der Waals surface area (Å²) in [7, 11) is 0. The Balaban J connectivity index is 1.38. The van der Waals surface area contributed by atoms with Gasteiger partial charge in [0.25, 0.3) is 5.91 Å². The molecule has 3 unspecified atom stereocenters. The first-order chi connectivity index (χ1) is 23.0. The third-order valence-corrected chi connectivity index (χ3v) is 10.4. The van der Waals surface area contributed by atoms with Crippen LogP contribution in [0.1, 0.15) is 56.3 Å². The molecule has 5 rings (SSSR count). The average molecular weight is 654 g/mol. The van der Waals surface area contributed by atoms with E-state index in [2.05, 4.69) is 48.3 Å². The molecule has 254 valence electrons. The number of nitrogens with one attached hydrogen (secondary N) is 4. The standard InChI is InChI=1S/C38H47N5O5/c1-6-8-18-29(33(44)35(46)39-19-7-2)41-34(45)32-30-28(38(30,4)5)22-43(32)36(47)31(27-20-25-16-12-13-17-26(25)21-27)42-37(48)40-23(3)24-14-10-9-11-15-24/h6-7,9-17,23,27-32H,1-2,8,18-22H2,3-5H3,(H,39,46)(H,41,45)(H2,40,42,48)/t23?,28-,29?,30-,31+,32?/m1/s1. The predicted octanol–water partition coefficient (Wildman–Crippen LogP) is 3.64. The van der Waals surface area contributed by atoms with Crippen molar-refractivity contribution in [2.24, 2.45) is 23.2 Å². The number of Topliss-reactive ketones (excluding diaryl/α,β-unsaturated/α-hetero) is 1. The Labute approximate surface area is 282 Å². The highest BCUT2D eigenvalue weighted by molar-refractivity contribution is 6.38. The third kappa shape index (κ3) is 7.22. The second kappa shape index (κ2) is 14.6. The summed E-state index contributed by atoms with van der Waals surface area (Å²) in [6, 6.07) is 14.0. The number of benzene rings is 2. The fourth-order valence-electron chi connectivity index (χ4n) is 7.63. The number of piperidine rings is 1. The Morgan fingerprint density at radius 1 is 0.917 bits per heavy atom. The highest BCUT2D eigenvalue weighted by atomic mass is 16.2. The molecule has 48 heavy (non-hydrogen) atoms. The van der Waals surface area contributed by atoms with Crippen molar-refractivity contribution in [3.63, 3.8) is 0 Å². The molecule has 6 atom stereocenters. The van der Waals surface area contributed by atoms with Crippen LogP contribution in [0.4, 0.5) is 4.79 Å². The first kappa shape index (κ1) is 34.6. The summed E-state index contributed by atoms with van der Waals surface area (Å²) in [5, 5.41) is 11.3. The van der Waals surface area contributed by atoms with Gasteiger partial charge in [-0.25, -0.2) is 4.79 Å². The second-order valence-corrected chi connectivity index (χ2v) is 13.8. The first-order valence-corrected chi connectivity index (χ1v) is 16.8. The summed E-state index contributed by atoms with van der Waals surface area (Å²) in [5.41, 5.74) is 3.02. The molecular formula is C38H47N5O5. The van der Waals surface area contributed by atoms with Crippen molar-refractivity contribution in [1.82, 2.24) is 26.2 Å². The van der Waals surface area contributed by atoms with Gasteiger partial charge in [-0.2, -0.15) is 0 Å². The van der Waals surface area contributed by atoms with Crippen molar-refractivity contribution in [2.75, 3.05) is 13.1 Å². The fourth-order valence-corrected chi connectivity index (χ4v) is 7.63. The quantitative estimate of drug-likeness (QED) is 0.182. The first-order valence-electron chi connectivity index (χ1n) is 16.8. The number of hydrogen-bond donors (Lipinski definition) is 4. The molecule has 4 N–H and O–H groups in total. The number of amides is 5. The van der Waals surface area contributed by atoms with E-state index in [1.54, 1.807) is 11.0 Å². The minimum Gasteiger partial charge on any atom is -0.346 e. The summed E-state index contributed by atoms with van der Waals surface area (Å²) < 4.78 is 0. The van der Waals surface area contributed by atoms with Gasteiger partial charge in [-0.05, 0) is 72.5 Å². The molecular weight excluding hydrogens is 606 g/mol. The van der Waals surface area contributed by atoms with Gasteiger partial charge in [0.05, 0.1) is 12.1 Å². The van der Waals surface area contributed by atoms with Crippen LogP contribution in [0.15, 0.2) is 79.9 Å². The molecule has 2 aromatic rings. The molecule has 1 aliphatic heterocycles. The minimum atomic E-state index is -1.08. The smallest absolute Gasteiger partial charge is 0.315 e. The fraction of sp³-hybridized carbons (Fsp3) is 0.447. The van der Waals surface area contributed by atoms with Gasteiger partial charge in [0.2, 0.25) is 17.6 Å². The monoisotopic (exact) mass is 653 g/mol. The molecule has 1 heterocycles. The van der Waals surface area contributed by atoms with Crippen molar-refractivity contribution in [1.29, 1.82) is 0 Å². The lowest BCUT2D eigenvalue weighted by Crippen LogP contribution is -2.60. The van der Waals surface area contributed by atoms with Gasteiger partial charge in [-0.3, -0.25) is 19.2 Å². The average Bonchev–Trinajstić information content (AvgIpc) is 3.44. The van der Waals surface area contributed by atoms with Crippen molar-refractivity contribution >= 4 is 29.5 Å². The summed E-state index contributed by atoms with van der Waals surface area (Å²) in [4.78, 5) is 69.5. The molecule has 3 aliphatic rings. The molecule has 10 heteroatoms. The van der Waals surface area contributed by atoms with Crippen molar-refractivity contribution < 1.29 is 24.0 Å². The van der Waals surface area contributed by atoms with Crippen LogP contribution in [-0.2, 0) is 32.0 Å². The van der Waals surface area contributed by atoms with Gasteiger partial charge in [0.1, 0.15) is 12.1 Å². The van der Waals surface area contributed by atoms with Crippen LogP contribution in [0.2, 0.25) is 0 Å². The Bertz CT molecular complexity index is 1550. The number of carbonyl (C=O) groups is 5. The molecule has 5 amide bonds. The Kier molecular flexibility index (Phi) is 10.5. The van der Waals surface area contributed by atoms with Crippen molar-refractivity contribution in [3.8, 4) is 0 Å². The highest BCUT2D eigenvalue weighted by Crippen LogP contribution is 2.65. The van der Waals surface area contributed by atoms with Crippen LogP contribution in [0.3, 0.4) is 0 Å². The number of carbonyl (C=O) groups excluding carboxylic acids is 5. The molecule has 0 radical (unpaired) electrons. The maximum absolute atomic E-state index is 14.6. The van der Waals surface area contributed by atoms with Gasteiger partial charge in [-0.15, -0.1) is 13.2 Å². The Morgan fingerprint density at radius 3 is 2.19 bits per heavy atom. The van der Waals surface area contributed by atoms with Gasteiger partial charge >= 0.3 is 6.03 Å². The molecule has 2 aromatic carbocycles. The maximum Gasteiger partial charge on any atom is 0.315 e. The zero-order valence-corrected chi connectivity index (χ0v) is 28.0. The number of likely N-dealkylation sites (tertiary alicyclic amines) is 1. The van der Waals surface area contributed by atoms with Crippen molar-refractivity contribution in [2.45, 2.75) is 70.6 Å². The van der Waals surface area contributed by atoms with E-state index in [1.165, 1.54) is 6.08 Å². The molecule has 1 saturated carbocycles. The van der Waals surface area contributed by atoms with E-state index in [1.807, 2.05) is 61.5 Å². The number of fused-ring (bicyclic) bond motifs is 2. The molecule has 0 bridgehead atoms. The lowest BCUT2D eigenvalue weighted by molar-refractivity contribution is -0.144. The lowest BCUT2D eigenvalue weighted by Gasteiger charge is -2.35. The van der Waals surface area contributed by atoms with Crippen LogP contribution in [0.5, 0.6) is 0 Å². The summed E-state index contributed by atoms with van der Waals surface area (Å²) in [6.45, 7) is 13.8. The molecule has 10 nitrogen and oxygen atoms in total. The van der Waals surface area contributed by atoms with Gasteiger partial charge in [0.15, 0.2) is 0 Å². The Morgan fingerprint density at radius 2 is 1.56 bits per heavy atom. The Hall–Kier alpha value is -4.73. The SMILES string of the molecule is C=CCCC(NC(=O)C1[C@H]2[C@@H](CN1C(=O)[C@@H](NC(=O)NC(C)c1ccccc1)C1Cc3ccccc3C1)C2(C)C)C(=O)C(=O)NCC=C. The van der Waals surface area contributed by atoms with Gasteiger partial charge in [-0.1, -0.05) is 80.6 Å². The number of ketones is 1. The van der Waals surface area contributed by atoms with E-state index in [4.69, 9.17) is 0 Å². The molecule has 0 aromatic heterocycles. The van der Waals surface area contributed by atoms with E-state index in [9.17, 15) is 24.0 Å². The second-order valence-electron chi connectivity index (χ2n) is 13.8. The summed E-state index contributed by atoms with van der Waals surface area (Å²) in [5.74, 6) is -2.62. The van der Waals surface area contributed by atoms with E-state index in [0.29, 0.717) is 25.8 Å². The van der Waals surface area contributed by atoms with Crippen molar-refractivity contribution in [3.05, 3.63) is 96.6 Å². The van der Waals surface area contributed by atoms with E-state index >= 15 is 0 Å². The molecule has 2 aliphatic carbocycles. The third-order valence-electron chi connectivity index (χ3n) is 10.4. The van der Waals surface area contributed by atoms with Gasteiger partial charge in [0, 0.05) is 13.1 Å². The zero-order valence-electron chi connectivity index (χ0n) is 28.0. The number of rotatable bonds is 14. The maximum atomic E-state index is 14.6. The predicted molar refractivity (Wildman–Crippen MR) is 183 cm³/mol. The topological polar surface area (TPSA) is 137 Å². The van der Waals surface area contributed by atoms with E-state index < -0.39 is 41.8 Å². The molecule has 1 saturated heterocycles. The van der Waals surface area contributed by atoms with E-state index in [0.717, 1.165) is 16.7 Å². The van der Waals surface area contributed by atoms with Crippen LogP contribution in [-0.4, -0.2) is 65.7 Å². The largest absolute Gasteiger partial charge is 0.346 e. The van der Waals surface area contributed by atoms with Crippen LogP contribution in [0, 0.1) is 23.2 Å². The summed E-state index contributed by atoms with van der Waals surface area (Å²) in [6.07, 6.45) is 4.91. The zero-order chi connectivity index (χ0) is 34.6. The number of nitrogens with zero attached hydrogens (tertiary/aromatic N) is 1. The number of hydrogen-bond acceptors (Lipinski definition) is 5. The number of urea groups is 1. The number of allylic oxidation sites excluding steroid dienone is 1. The van der Waals surface area contributed by atoms with Crippen LogP contribution >= 0.6 is 0 Å².